The van der Waals surface area contributed by atoms with E-state index in [2.05, 4.69) is 5.10 Å². The van der Waals surface area contributed by atoms with Crippen LogP contribution in [0.1, 0.15) is 18.5 Å². The van der Waals surface area contributed by atoms with Gasteiger partial charge in [-0.05, 0) is 25.1 Å². The molecule has 0 aliphatic heterocycles. The van der Waals surface area contributed by atoms with Gasteiger partial charge >= 0.3 is 0 Å². The molecule has 2 aromatic rings. The topological polar surface area (TPSA) is 70.1 Å². The smallest absolute Gasteiger partial charge is 0.271 e. The second kappa shape index (κ2) is 5.24. The second-order valence-electron chi connectivity index (χ2n) is 4.40. The minimum atomic E-state index is -0.338. The maximum atomic E-state index is 11.9. The lowest BCUT2D eigenvalue weighted by molar-refractivity contribution is 0.416. The summed E-state index contributed by atoms with van der Waals surface area (Å²) in [4.78, 5) is 11.9. The molecular weight excluding hydrogens is 242 g/mol. The highest BCUT2D eigenvalue weighted by atomic mass is 16.5. The number of methoxy groups -OCH3 is 1. The average molecular weight is 259 g/mol. The second-order valence-corrected chi connectivity index (χ2v) is 4.40. The zero-order chi connectivity index (χ0) is 14.0. The fraction of sp³-hybridized carbons (Fsp3) is 0.286. The van der Waals surface area contributed by atoms with Gasteiger partial charge in [-0.25, -0.2) is 4.68 Å². The first kappa shape index (κ1) is 13.3. The molecule has 2 rings (SSSR count). The molecule has 5 nitrogen and oxygen atoms in total. The molecule has 0 radical (unpaired) electrons. The van der Waals surface area contributed by atoms with Crippen LogP contribution in [-0.2, 0) is 7.05 Å². The van der Waals surface area contributed by atoms with Crippen LogP contribution in [0.2, 0.25) is 0 Å². The minimum absolute atomic E-state index is 0.173. The molecule has 0 aliphatic rings. The Kier molecular flexibility index (Phi) is 3.66. The maximum Gasteiger partial charge on any atom is 0.271 e. The van der Waals surface area contributed by atoms with Gasteiger partial charge in [-0.15, -0.1) is 0 Å². The van der Waals surface area contributed by atoms with Crippen molar-refractivity contribution in [3.63, 3.8) is 0 Å². The Hall–Kier alpha value is -2.14. The Morgan fingerprint density at radius 3 is 2.68 bits per heavy atom. The van der Waals surface area contributed by atoms with E-state index in [1.54, 1.807) is 27.1 Å². The van der Waals surface area contributed by atoms with Gasteiger partial charge in [-0.1, -0.05) is 12.1 Å². The number of benzene rings is 1. The van der Waals surface area contributed by atoms with Crippen molar-refractivity contribution in [3.05, 3.63) is 46.2 Å². The van der Waals surface area contributed by atoms with Crippen molar-refractivity contribution in [2.45, 2.75) is 13.0 Å². The predicted molar refractivity (Wildman–Crippen MR) is 74.1 cm³/mol. The van der Waals surface area contributed by atoms with Crippen LogP contribution in [-0.4, -0.2) is 16.9 Å². The summed E-state index contributed by atoms with van der Waals surface area (Å²) in [7, 11) is 3.22. The lowest BCUT2D eigenvalue weighted by Gasteiger charge is -2.12. The molecule has 0 amide bonds. The molecule has 5 heteroatoms. The molecule has 19 heavy (non-hydrogen) atoms. The fourth-order valence-electron chi connectivity index (χ4n) is 1.95. The van der Waals surface area contributed by atoms with E-state index in [1.165, 1.54) is 4.68 Å². The zero-order valence-electron chi connectivity index (χ0n) is 11.3. The summed E-state index contributed by atoms with van der Waals surface area (Å²) in [5.74, 6) is 0.712. The molecule has 1 heterocycles. The van der Waals surface area contributed by atoms with Crippen molar-refractivity contribution in [2.24, 2.45) is 12.8 Å². The number of nitrogens with two attached hydrogens (primary N) is 1. The van der Waals surface area contributed by atoms with Gasteiger partial charge in [0, 0.05) is 24.2 Å². The molecular formula is C14H17N3O2. The van der Waals surface area contributed by atoms with Crippen LogP contribution in [0.3, 0.4) is 0 Å². The van der Waals surface area contributed by atoms with E-state index >= 15 is 0 Å². The first-order valence-corrected chi connectivity index (χ1v) is 6.01. The number of aryl methyl sites for hydroxylation is 1. The molecule has 0 fully saturated rings. The van der Waals surface area contributed by atoms with Crippen LogP contribution in [0.25, 0.3) is 11.3 Å². The van der Waals surface area contributed by atoms with E-state index in [1.807, 2.05) is 24.3 Å². The lowest BCUT2D eigenvalue weighted by atomic mass is 10.1. The maximum absolute atomic E-state index is 11.9. The number of ether oxygens (including phenoxy) is 1. The SMILES string of the molecule is COc1ccccc1-c1cc(C(C)N)c(=O)n(C)n1. The van der Waals surface area contributed by atoms with E-state index in [-0.39, 0.29) is 11.6 Å². The number of rotatable bonds is 3. The molecule has 0 saturated heterocycles. The molecule has 0 spiro atoms. The number of aromatic nitrogens is 2. The summed E-state index contributed by atoms with van der Waals surface area (Å²) in [5.41, 5.74) is 7.70. The van der Waals surface area contributed by atoms with Crippen LogP contribution in [0.4, 0.5) is 0 Å². The molecule has 1 aromatic carbocycles. The third-order valence-corrected chi connectivity index (χ3v) is 2.96. The van der Waals surface area contributed by atoms with Crippen LogP contribution in [0.15, 0.2) is 35.1 Å². The van der Waals surface area contributed by atoms with Gasteiger partial charge in [-0.2, -0.15) is 5.10 Å². The van der Waals surface area contributed by atoms with Crippen LogP contribution < -0.4 is 16.0 Å². The molecule has 0 saturated carbocycles. The van der Waals surface area contributed by atoms with Gasteiger partial charge < -0.3 is 10.5 Å². The Morgan fingerprint density at radius 2 is 2.05 bits per heavy atom. The number of para-hydroxylation sites is 1. The molecule has 1 aromatic heterocycles. The van der Waals surface area contributed by atoms with E-state index in [0.29, 0.717) is 17.0 Å². The molecule has 1 unspecified atom stereocenters. The highest BCUT2D eigenvalue weighted by Crippen LogP contribution is 2.28. The number of hydrogen-bond acceptors (Lipinski definition) is 4. The molecule has 0 aliphatic carbocycles. The first-order valence-electron chi connectivity index (χ1n) is 6.01. The molecule has 100 valence electrons. The van der Waals surface area contributed by atoms with Gasteiger partial charge in [0.15, 0.2) is 0 Å². The molecule has 0 bridgehead atoms. The quantitative estimate of drug-likeness (QED) is 0.906. The summed E-state index contributed by atoms with van der Waals surface area (Å²) < 4.78 is 6.62. The van der Waals surface area contributed by atoms with Crippen LogP contribution >= 0.6 is 0 Å². The fourth-order valence-corrected chi connectivity index (χ4v) is 1.95. The number of nitrogens with zero attached hydrogens (tertiary/aromatic N) is 2. The van der Waals surface area contributed by atoms with Gasteiger partial charge in [0.25, 0.3) is 5.56 Å². The van der Waals surface area contributed by atoms with Crippen molar-refractivity contribution < 1.29 is 4.74 Å². The van der Waals surface area contributed by atoms with Crippen molar-refractivity contribution >= 4 is 0 Å². The van der Waals surface area contributed by atoms with Crippen molar-refractivity contribution in [3.8, 4) is 17.0 Å². The minimum Gasteiger partial charge on any atom is -0.496 e. The summed E-state index contributed by atoms with van der Waals surface area (Å²) in [6.07, 6.45) is 0. The van der Waals surface area contributed by atoms with Crippen LogP contribution in [0, 0.1) is 0 Å². The van der Waals surface area contributed by atoms with Crippen LogP contribution in [0.5, 0.6) is 5.75 Å². The summed E-state index contributed by atoms with van der Waals surface area (Å²) in [5, 5.41) is 4.26. The van der Waals surface area contributed by atoms with Gasteiger partial charge in [0.2, 0.25) is 0 Å². The van der Waals surface area contributed by atoms with Crippen molar-refractivity contribution in [1.82, 2.24) is 9.78 Å². The lowest BCUT2D eigenvalue weighted by Crippen LogP contribution is -2.27. The van der Waals surface area contributed by atoms with E-state index in [4.69, 9.17) is 10.5 Å². The standard InChI is InChI=1S/C14H17N3O2/c1-9(15)11-8-12(16-17(2)14(11)18)10-6-4-5-7-13(10)19-3/h4-9H,15H2,1-3H3. The Bertz CT molecular complexity index is 647. The highest BCUT2D eigenvalue weighted by Gasteiger charge is 2.13. The Balaban J connectivity index is 2.66. The first-order chi connectivity index (χ1) is 9.04. The van der Waals surface area contributed by atoms with Gasteiger partial charge in [0.05, 0.1) is 12.8 Å². The van der Waals surface area contributed by atoms with Crippen molar-refractivity contribution in [2.75, 3.05) is 7.11 Å². The van der Waals surface area contributed by atoms with Gasteiger partial charge in [0.1, 0.15) is 5.75 Å². The summed E-state index contributed by atoms with van der Waals surface area (Å²) in [6.45, 7) is 1.78. The summed E-state index contributed by atoms with van der Waals surface area (Å²) >= 11 is 0. The third kappa shape index (κ3) is 2.51. The predicted octanol–water partition coefficient (Wildman–Crippen LogP) is 1.48. The Labute approximate surface area is 111 Å². The highest BCUT2D eigenvalue weighted by molar-refractivity contribution is 5.67. The zero-order valence-corrected chi connectivity index (χ0v) is 11.3. The third-order valence-electron chi connectivity index (χ3n) is 2.96. The summed E-state index contributed by atoms with van der Waals surface area (Å²) in [6, 6.07) is 8.93. The Morgan fingerprint density at radius 1 is 1.37 bits per heavy atom. The average Bonchev–Trinajstić information content (AvgIpc) is 2.41. The van der Waals surface area contributed by atoms with E-state index < -0.39 is 0 Å². The van der Waals surface area contributed by atoms with Crippen molar-refractivity contribution in [1.29, 1.82) is 0 Å². The normalized spacial score (nSPS) is 12.2. The number of hydrogen-bond donors (Lipinski definition) is 1. The monoisotopic (exact) mass is 259 g/mol. The largest absolute Gasteiger partial charge is 0.496 e. The molecule has 2 N–H and O–H groups in total. The van der Waals surface area contributed by atoms with E-state index in [0.717, 1.165) is 5.56 Å². The van der Waals surface area contributed by atoms with E-state index in [9.17, 15) is 4.79 Å². The molecule has 1 atom stereocenters. The van der Waals surface area contributed by atoms with Gasteiger partial charge in [-0.3, -0.25) is 4.79 Å².